The second-order valence-electron chi connectivity index (χ2n) is 5.74. The molecule has 2 rings (SSSR count). The third kappa shape index (κ3) is 3.46. The van der Waals surface area contributed by atoms with Gasteiger partial charge in [-0.1, -0.05) is 13.3 Å². The number of rotatable bonds is 3. The van der Waals surface area contributed by atoms with E-state index in [9.17, 15) is 20.3 Å². The van der Waals surface area contributed by atoms with Crippen molar-refractivity contribution in [2.45, 2.75) is 44.6 Å². The summed E-state index contributed by atoms with van der Waals surface area (Å²) >= 11 is 0. The zero-order chi connectivity index (χ0) is 15.5. The van der Waals surface area contributed by atoms with Crippen LogP contribution < -0.4 is 5.32 Å². The number of hydrogen-bond acceptors (Lipinski definition) is 4. The Labute approximate surface area is 124 Å². The van der Waals surface area contributed by atoms with Gasteiger partial charge in [-0.25, -0.2) is 0 Å². The van der Waals surface area contributed by atoms with Gasteiger partial charge >= 0.3 is 0 Å². The molecule has 3 N–H and O–H groups in total. The average molecular weight is 288 g/mol. The highest BCUT2D eigenvalue weighted by molar-refractivity contribution is 5.95. The Morgan fingerprint density at radius 2 is 1.90 bits per heavy atom. The molecule has 5 heteroatoms. The van der Waals surface area contributed by atoms with Gasteiger partial charge in [-0.15, -0.1) is 0 Å². The van der Waals surface area contributed by atoms with Gasteiger partial charge in [0.15, 0.2) is 0 Å². The summed E-state index contributed by atoms with van der Waals surface area (Å²) in [6, 6.07) is 5.94. The normalized spacial score (nSPS) is 25.0. The fourth-order valence-electron chi connectivity index (χ4n) is 2.86. The molecule has 1 aliphatic rings. The van der Waals surface area contributed by atoms with Crippen molar-refractivity contribution in [2.75, 3.05) is 0 Å². The molecular formula is C16H20N2O3. The largest absolute Gasteiger partial charge is 0.508 e. The summed E-state index contributed by atoms with van der Waals surface area (Å²) in [4.78, 5) is 12.2. The number of phenolic OH excluding ortho intramolecular Hbond substituents is 2. The molecule has 0 saturated heterocycles. The second kappa shape index (κ2) is 6.04. The first-order chi connectivity index (χ1) is 9.98. The molecule has 112 valence electrons. The molecule has 1 amide bonds. The number of amides is 1. The fourth-order valence-corrected chi connectivity index (χ4v) is 2.86. The topological polar surface area (TPSA) is 93.4 Å². The smallest absolute Gasteiger partial charge is 0.252 e. The van der Waals surface area contributed by atoms with Crippen molar-refractivity contribution in [3.8, 4) is 17.6 Å². The van der Waals surface area contributed by atoms with Crippen LogP contribution in [-0.4, -0.2) is 21.7 Å². The van der Waals surface area contributed by atoms with Gasteiger partial charge < -0.3 is 15.5 Å². The van der Waals surface area contributed by atoms with Crippen LogP contribution in [0.15, 0.2) is 18.2 Å². The van der Waals surface area contributed by atoms with Crippen LogP contribution in [0.4, 0.5) is 0 Å². The van der Waals surface area contributed by atoms with Gasteiger partial charge in [-0.2, -0.15) is 5.26 Å². The summed E-state index contributed by atoms with van der Waals surface area (Å²) in [5, 5.41) is 31.1. The highest BCUT2D eigenvalue weighted by atomic mass is 16.3. The molecule has 0 spiro atoms. The maximum absolute atomic E-state index is 12.2. The van der Waals surface area contributed by atoms with Gasteiger partial charge in [0.1, 0.15) is 17.0 Å². The highest BCUT2D eigenvalue weighted by Gasteiger charge is 2.36. The number of benzene rings is 1. The molecule has 21 heavy (non-hydrogen) atoms. The number of hydrogen-bond donors (Lipinski definition) is 3. The van der Waals surface area contributed by atoms with E-state index in [4.69, 9.17) is 0 Å². The minimum Gasteiger partial charge on any atom is -0.508 e. The summed E-state index contributed by atoms with van der Waals surface area (Å²) in [5.74, 6) is -0.187. The zero-order valence-corrected chi connectivity index (χ0v) is 12.1. The third-order valence-corrected chi connectivity index (χ3v) is 4.27. The first-order valence-corrected chi connectivity index (χ1v) is 7.25. The first-order valence-electron chi connectivity index (χ1n) is 7.25. The molecule has 1 aliphatic carbocycles. The summed E-state index contributed by atoms with van der Waals surface area (Å²) in [7, 11) is 0. The van der Waals surface area contributed by atoms with Crippen molar-refractivity contribution < 1.29 is 15.0 Å². The van der Waals surface area contributed by atoms with Crippen LogP contribution in [0.1, 0.15) is 49.4 Å². The van der Waals surface area contributed by atoms with E-state index in [1.165, 1.54) is 12.1 Å². The van der Waals surface area contributed by atoms with Crippen LogP contribution in [0.25, 0.3) is 0 Å². The van der Waals surface area contributed by atoms with Crippen molar-refractivity contribution >= 4 is 5.91 Å². The lowest BCUT2D eigenvalue weighted by Crippen LogP contribution is -2.49. The van der Waals surface area contributed by atoms with Gasteiger partial charge in [0, 0.05) is 11.6 Å². The summed E-state index contributed by atoms with van der Waals surface area (Å²) in [5.41, 5.74) is -0.691. The lowest BCUT2D eigenvalue weighted by molar-refractivity contribution is 0.0890. The third-order valence-electron chi connectivity index (χ3n) is 4.27. The summed E-state index contributed by atoms with van der Waals surface area (Å²) in [6.45, 7) is 2.14. The van der Waals surface area contributed by atoms with Crippen molar-refractivity contribution in [2.24, 2.45) is 5.92 Å². The van der Waals surface area contributed by atoms with Crippen LogP contribution in [0.5, 0.6) is 11.5 Å². The van der Waals surface area contributed by atoms with Crippen molar-refractivity contribution in [1.29, 1.82) is 5.26 Å². The minimum atomic E-state index is -0.843. The van der Waals surface area contributed by atoms with Gasteiger partial charge in [0.2, 0.25) is 0 Å². The molecule has 1 aromatic carbocycles. The highest BCUT2D eigenvalue weighted by Crippen LogP contribution is 2.33. The average Bonchev–Trinajstić information content (AvgIpc) is 2.47. The number of nitrogens with zero attached hydrogens (tertiary/aromatic N) is 1. The second-order valence-corrected chi connectivity index (χ2v) is 5.74. The van der Waals surface area contributed by atoms with E-state index in [-0.39, 0.29) is 17.1 Å². The van der Waals surface area contributed by atoms with Crippen LogP contribution in [0, 0.1) is 17.2 Å². The van der Waals surface area contributed by atoms with Crippen LogP contribution in [0.2, 0.25) is 0 Å². The zero-order valence-electron chi connectivity index (χ0n) is 12.1. The fraction of sp³-hybridized carbons (Fsp3) is 0.500. The first kappa shape index (κ1) is 15.2. The Morgan fingerprint density at radius 3 is 2.38 bits per heavy atom. The molecule has 1 saturated carbocycles. The van der Waals surface area contributed by atoms with E-state index in [1.54, 1.807) is 0 Å². The maximum Gasteiger partial charge on any atom is 0.252 e. The number of nitriles is 1. The number of carbonyl (C=O) groups is 1. The van der Waals surface area contributed by atoms with Crippen LogP contribution in [-0.2, 0) is 0 Å². The molecule has 1 fully saturated rings. The molecule has 0 aromatic heterocycles. The van der Waals surface area contributed by atoms with Gasteiger partial charge in [-0.05, 0) is 43.7 Å². The molecule has 0 radical (unpaired) electrons. The Morgan fingerprint density at radius 1 is 1.33 bits per heavy atom. The standard InChI is InChI=1S/C16H20N2O3/c1-2-11-3-5-16(10-17,6-4-11)18-15(21)12-7-13(19)9-14(20)8-12/h7-9,11,19-20H,2-6H2,1H3,(H,18,21). The van der Waals surface area contributed by atoms with Gasteiger partial charge in [-0.3, -0.25) is 4.79 Å². The Balaban J connectivity index is 2.12. The molecule has 1 aromatic rings. The Kier molecular flexibility index (Phi) is 4.37. The van der Waals surface area contributed by atoms with E-state index in [2.05, 4.69) is 18.3 Å². The molecule has 0 heterocycles. The van der Waals surface area contributed by atoms with E-state index >= 15 is 0 Å². The lowest BCUT2D eigenvalue weighted by Gasteiger charge is -2.35. The Hall–Kier alpha value is -2.22. The van der Waals surface area contributed by atoms with E-state index in [0.717, 1.165) is 25.3 Å². The van der Waals surface area contributed by atoms with E-state index < -0.39 is 11.4 Å². The predicted octanol–water partition coefficient (Wildman–Crippen LogP) is 2.69. The minimum absolute atomic E-state index is 0.153. The number of carbonyl (C=O) groups excluding carboxylic acids is 1. The molecule has 5 nitrogen and oxygen atoms in total. The number of nitrogens with one attached hydrogen (secondary N) is 1. The quantitative estimate of drug-likeness (QED) is 0.797. The molecular weight excluding hydrogens is 268 g/mol. The van der Waals surface area contributed by atoms with Crippen molar-refractivity contribution in [3.63, 3.8) is 0 Å². The summed E-state index contributed by atoms with van der Waals surface area (Å²) in [6.07, 6.45) is 4.22. The van der Waals surface area contributed by atoms with Crippen molar-refractivity contribution in [3.05, 3.63) is 23.8 Å². The van der Waals surface area contributed by atoms with Crippen LogP contribution in [0.3, 0.4) is 0 Å². The van der Waals surface area contributed by atoms with Crippen LogP contribution >= 0.6 is 0 Å². The molecule has 0 aliphatic heterocycles. The van der Waals surface area contributed by atoms with E-state index in [0.29, 0.717) is 18.8 Å². The monoisotopic (exact) mass is 288 g/mol. The molecule has 0 atom stereocenters. The lowest BCUT2D eigenvalue weighted by atomic mass is 9.76. The van der Waals surface area contributed by atoms with E-state index in [1.807, 2.05) is 0 Å². The number of phenols is 2. The SMILES string of the molecule is CCC1CCC(C#N)(NC(=O)c2cc(O)cc(O)c2)CC1. The summed E-state index contributed by atoms with van der Waals surface area (Å²) < 4.78 is 0. The molecule has 0 bridgehead atoms. The number of aromatic hydroxyl groups is 2. The predicted molar refractivity (Wildman–Crippen MR) is 77.8 cm³/mol. The van der Waals surface area contributed by atoms with Gasteiger partial charge in [0.05, 0.1) is 6.07 Å². The maximum atomic E-state index is 12.2. The molecule has 0 unspecified atom stereocenters. The van der Waals surface area contributed by atoms with Crippen molar-refractivity contribution in [1.82, 2.24) is 5.32 Å². The van der Waals surface area contributed by atoms with Gasteiger partial charge in [0.25, 0.3) is 5.91 Å². The Bertz CT molecular complexity index is 549.